The lowest BCUT2D eigenvalue weighted by Crippen LogP contribution is -2.38. The molecule has 2 rings (SSSR count). The Morgan fingerprint density at radius 1 is 1.32 bits per heavy atom. The van der Waals surface area contributed by atoms with Crippen molar-refractivity contribution in [2.75, 3.05) is 32.5 Å². The number of hydrogen-bond donors (Lipinski definition) is 1. The van der Waals surface area contributed by atoms with E-state index in [1.807, 2.05) is 4.90 Å². The maximum atomic E-state index is 11.9. The first-order valence-corrected chi connectivity index (χ1v) is 6.55. The molecule has 19 heavy (non-hydrogen) atoms. The van der Waals surface area contributed by atoms with Crippen molar-refractivity contribution < 1.29 is 14.3 Å². The topological polar surface area (TPSA) is 64.8 Å². The average molecular weight is 264 g/mol. The van der Waals surface area contributed by atoms with E-state index in [0.29, 0.717) is 17.2 Å². The first-order valence-electron chi connectivity index (χ1n) is 6.55. The van der Waals surface area contributed by atoms with Gasteiger partial charge in [-0.2, -0.15) is 0 Å². The third kappa shape index (κ3) is 3.53. The second kappa shape index (κ2) is 6.31. The number of piperidine rings is 1. The molecular formula is C14H20N2O3. The van der Waals surface area contributed by atoms with Crippen LogP contribution in [-0.4, -0.2) is 37.6 Å². The van der Waals surface area contributed by atoms with E-state index in [1.165, 1.54) is 6.42 Å². The van der Waals surface area contributed by atoms with Gasteiger partial charge in [0.2, 0.25) is 0 Å². The van der Waals surface area contributed by atoms with Crippen LogP contribution in [0.3, 0.4) is 0 Å². The number of nitrogens with two attached hydrogens (primary N) is 1. The Bertz CT molecular complexity index is 442. The number of rotatable bonds is 4. The molecule has 0 atom stereocenters. The molecule has 104 valence electrons. The van der Waals surface area contributed by atoms with Crippen molar-refractivity contribution in [2.24, 2.45) is 0 Å². The number of amides is 1. The first kappa shape index (κ1) is 13.5. The van der Waals surface area contributed by atoms with Crippen LogP contribution in [0.15, 0.2) is 18.2 Å². The zero-order valence-electron chi connectivity index (χ0n) is 11.2. The van der Waals surface area contributed by atoms with Gasteiger partial charge in [-0.1, -0.05) is 0 Å². The summed E-state index contributed by atoms with van der Waals surface area (Å²) >= 11 is 0. The predicted octanol–water partition coefficient (Wildman–Crippen LogP) is 1.67. The molecule has 1 fully saturated rings. The van der Waals surface area contributed by atoms with Crippen LogP contribution in [0.1, 0.15) is 19.3 Å². The van der Waals surface area contributed by atoms with Crippen molar-refractivity contribution in [3.63, 3.8) is 0 Å². The van der Waals surface area contributed by atoms with Gasteiger partial charge in [0, 0.05) is 19.2 Å². The van der Waals surface area contributed by atoms with E-state index < -0.39 is 0 Å². The number of methoxy groups -OCH3 is 1. The van der Waals surface area contributed by atoms with Crippen LogP contribution >= 0.6 is 0 Å². The van der Waals surface area contributed by atoms with Gasteiger partial charge in [-0.25, -0.2) is 0 Å². The molecule has 5 heteroatoms. The molecule has 1 aromatic carbocycles. The third-order valence-corrected chi connectivity index (χ3v) is 3.27. The Hall–Kier alpha value is -1.91. The van der Waals surface area contributed by atoms with E-state index in [9.17, 15) is 4.79 Å². The highest BCUT2D eigenvalue weighted by Crippen LogP contribution is 2.25. The summed E-state index contributed by atoms with van der Waals surface area (Å²) in [4.78, 5) is 13.8. The molecule has 1 aromatic rings. The number of hydrogen-bond acceptors (Lipinski definition) is 4. The van der Waals surface area contributed by atoms with Gasteiger partial charge in [-0.05, 0) is 31.4 Å². The third-order valence-electron chi connectivity index (χ3n) is 3.27. The summed E-state index contributed by atoms with van der Waals surface area (Å²) in [5.41, 5.74) is 6.29. The highest BCUT2D eigenvalue weighted by atomic mass is 16.5. The minimum absolute atomic E-state index is 0.0362. The summed E-state index contributed by atoms with van der Waals surface area (Å²) in [6, 6.07) is 5.15. The van der Waals surface area contributed by atoms with E-state index >= 15 is 0 Å². The number of anilines is 1. The Labute approximate surface area is 113 Å². The molecule has 0 aromatic heterocycles. The van der Waals surface area contributed by atoms with Crippen LogP contribution < -0.4 is 15.2 Å². The highest BCUT2D eigenvalue weighted by Gasteiger charge is 2.16. The lowest BCUT2D eigenvalue weighted by atomic mass is 10.1. The lowest BCUT2D eigenvalue weighted by Gasteiger charge is -2.26. The SMILES string of the molecule is COc1ccc(OCC(=O)N2CCCCC2)cc1N. The maximum absolute atomic E-state index is 11.9. The average Bonchev–Trinajstić information content (AvgIpc) is 2.46. The zero-order chi connectivity index (χ0) is 13.7. The van der Waals surface area contributed by atoms with Crippen molar-refractivity contribution in [3.05, 3.63) is 18.2 Å². The lowest BCUT2D eigenvalue weighted by molar-refractivity contribution is -0.134. The fourth-order valence-corrected chi connectivity index (χ4v) is 2.18. The Morgan fingerprint density at radius 3 is 2.68 bits per heavy atom. The number of nitrogen functional groups attached to an aromatic ring is 1. The summed E-state index contributed by atoms with van der Waals surface area (Å²) in [7, 11) is 1.56. The van der Waals surface area contributed by atoms with E-state index in [0.717, 1.165) is 25.9 Å². The number of ether oxygens (including phenoxy) is 2. The molecule has 0 aliphatic carbocycles. The molecule has 0 bridgehead atoms. The molecule has 2 N–H and O–H groups in total. The van der Waals surface area contributed by atoms with E-state index in [1.54, 1.807) is 25.3 Å². The smallest absolute Gasteiger partial charge is 0.260 e. The summed E-state index contributed by atoms with van der Waals surface area (Å²) in [6.45, 7) is 1.74. The molecule has 5 nitrogen and oxygen atoms in total. The summed E-state index contributed by atoms with van der Waals surface area (Å²) in [5.74, 6) is 1.23. The van der Waals surface area contributed by atoms with Crippen molar-refractivity contribution in [3.8, 4) is 11.5 Å². The quantitative estimate of drug-likeness (QED) is 0.840. The predicted molar refractivity (Wildman–Crippen MR) is 73.3 cm³/mol. The fraction of sp³-hybridized carbons (Fsp3) is 0.500. The molecule has 1 aliphatic rings. The Kier molecular flexibility index (Phi) is 4.49. The van der Waals surface area contributed by atoms with E-state index in [2.05, 4.69) is 0 Å². The first-order chi connectivity index (χ1) is 9.20. The molecule has 0 radical (unpaired) electrons. The second-order valence-electron chi connectivity index (χ2n) is 4.63. The second-order valence-corrected chi connectivity index (χ2v) is 4.63. The zero-order valence-corrected chi connectivity index (χ0v) is 11.2. The van der Waals surface area contributed by atoms with Gasteiger partial charge in [-0.15, -0.1) is 0 Å². The van der Waals surface area contributed by atoms with Crippen LogP contribution in [0, 0.1) is 0 Å². The highest BCUT2D eigenvalue weighted by molar-refractivity contribution is 5.77. The number of carbonyl (C=O) groups excluding carboxylic acids is 1. The van der Waals surface area contributed by atoms with Crippen LogP contribution in [0.4, 0.5) is 5.69 Å². The van der Waals surface area contributed by atoms with Crippen molar-refractivity contribution in [1.82, 2.24) is 4.90 Å². The van der Waals surface area contributed by atoms with Gasteiger partial charge in [0.15, 0.2) is 6.61 Å². The van der Waals surface area contributed by atoms with Gasteiger partial charge in [0.1, 0.15) is 11.5 Å². The van der Waals surface area contributed by atoms with E-state index in [-0.39, 0.29) is 12.5 Å². The largest absolute Gasteiger partial charge is 0.495 e. The minimum Gasteiger partial charge on any atom is -0.495 e. The van der Waals surface area contributed by atoms with Crippen LogP contribution in [0.2, 0.25) is 0 Å². The number of carbonyl (C=O) groups is 1. The normalized spacial score (nSPS) is 15.1. The minimum atomic E-state index is 0.0362. The van der Waals surface area contributed by atoms with Crippen molar-refractivity contribution in [1.29, 1.82) is 0 Å². The molecule has 1 saturated heterocycles. The van der Waals surface area contributed by atoms with Gasteiger partial charge in [0.05, 0.1) is 12.8 Å². The van der Waals surface area contributed by atoms with Crippen molar-refractivity contribution in [2.45, 2.75) is 19.3 Å². The molecule has 1 amide bonds. The molecular weight excluding hydrogens is 244 g/mol. The summed E-state index contributed by atoms with van der Waals surface area (Å²) in [5, 5.41) is 0. The number of nitrogens with zero attached hydrogens (tertiary/aromatic N) is 1. The van der Waals surface area contributed by atoms with Crippen LogP contribution in [0.25, 0.3) is 0 Å². The van der Waals surface area contributed by atoms with Crippen LogP contribution in [-0.2, 0) is 4.79 Å². The standard InChI is InChI=1S/C14H20N2O3/c1-18-13-6-5-11(9-12(13)15)19-10-14(17)16-7-3-2-4-8-16/h5-6,9H,2-4,7-8,10,15H2,1H3. The van der Waals surface area contributed by atoms with Gasteiger partial charge in [0.25, 0.3) is 5.91 Å². The number of benzene rings is 1. The molecule has 0 saturated carbocycles. The molecule has 1 heterocycles. The Balaban J connectivity index is 1.87. The fourth-order valence-electron chi connectivity index (χ4n) is 2.18. The molecule has 0 spiro atoms. The summed E-state index contributed by atoms with van der Waals surface area (Å²) < 4.78 is 10.5. The van der Waals surface area contributed by atoms with Gasteiger partial charge >= 0.3 is 0 Å². The van der Waals surface area contributed by atoms with Crippen molar-refractivity contribution >= 4 is 11.6 Å². The number of likely N-dealkylation sites (tertiary alicyclic amines) is 1. The van der Waals surface area contributed by atoms with Crippen LogP contribution in [0.5, 0.6) is 11.5 Å². The Morgan fingerprint density at radius 2 is 2.05 bits per heavy atom. The molecule has 0 unspecified atom stereocenters. The summed E-state index contributed by atoms with van der Waals surface area (Å²) in [6.07, 6.45) is 3.38. The van der Waals surface area contributed by atoms with Gasteiger partial charge < -0.3 is 20.1 Å². The van der Waals surface area contributed by atoms with E-state index in [4.69, 9.17) is 15.2 Å². The maximum Gasteiger partial charge on any atom is 0.260 e. The monoisotopic (exact) mass is 264 g/mol. The van der Waals surface area contributed by atoms with Gasteiger partial charge in [-0.3, -0.25) is 4.79 Å². The molecule has 1 aliphatic heterocycles.